The van der Waals surface area contributed by atoms with Gasteiger partial charge in [-0.15, -0.1) is 0 Å². The highest BCUT2D eigenvalue weighted by Crippen LogP contribution is 2.51. The monoisotopic (exact) mass is 262 g/mol. The van der Waals surface area contributed by atoms with E-state index in [-0.39, 0.29) is 22.7 Å². The number of benzene rings is 1. The molecule has 0 unspecified atom stereocenters. The number of fused-ring (bicyclic) bond motifs is 3. The van der Waals surface area contributed by atoms with Crippen LogP contribution in [-0.4, -0.2) is 11.4 Å². The molecule has 3 nitrogen and oxygen atoms in total. The maximum absolute atomic E-state index is 12.8. The molecule has 1 aromatic carbocycles. The van der Waals surface area contributed by atoms with E-state index in [1.165, 1.54) is 12.1 Å². The standard InChI is InChI=1S/C15H19FN2O/c16-11-1-3-12(4-2-11)18-13(19)14-5-8-15(17,9-6-14)10-7-14/h1-4H,5-10,17H2,(H,18,19). The molecule has 4 rings (SSSR count). The number of nitrogens with one attached hydrogen (secondary N) is 1. The molecule has 102 valence electrons. The van der Waals surface area contributed by atoms with Crippen LogP contribution in [0.5, 0.6) is 0 Å². The molecule has 1 amide bonds. The lowest BCUT2D eigenvalue weighted by atomic mass is 9.57. The quantitative estimate of drug-likeness (QED) is 0.861. The SMILES string of the molecule is NC12CCC(C(=O)Nc3ccc(F)cc3)(CC1)CC2. The number of anilines is 1. The van der Waals surface area contributed by atoms with E-state index in [9.17, 15) is 9.18 Å². The van der Waals surface area contributed by atoms with Crippen molar-refractivity contribution in [3.8, 4) is 0 Å². The largest absolute Gasteiger partial charge is 0.326 e. The Kier molecular flexibility index (Phi) is 2.86. The summed E-state index contributed by atoms with van der Waals surface area (Å²) in [5, 5.41) is 2.92. The summed E-state index contributed by atoms with van der Waals surface area (Å²) in [5.74, 6) is -0.222. The van der Waals surface area contributed by atoms with Gasteiger partial charge in [0.1, 0.15) is 5.82 Å². The van der Waals surface area contributed by atoms with Crippen LogP contribution < -0.4 is 11.1 Å². The highest BCUT2D eigenvalue weighted by molar-refractivity contribution is 5.95. The lowest BCUT2D eigenvalue weighted by Gasteiger charge is -2.50. The van der Waals surface area contributed by atoms with Gasteiger partial charge >= 0.3 is 0 Å². The molecule has 0 radical (unpaired) electrons. The Labute approximate surface area is 112 Å². The van der Waals surface area contributed by atoms with Crippen LogP contribution in [-0.2, 0) is 4.79 Å². The van der Waals surface area contributed by atoms with Crippen molar-refractivity contribution in [3.05, 3.63) is 30.1 Å². The maximum Gasteiger partial charge on any atom is 0.230 e. The Balaban J connectivity index is 1.72. The zero-order chi connectivity index (χ0) is 13.5. The molecule has 3 aliphatic carbocycles. The third-order valence-electron chi connectivity index (χ3n) is 4.89. The van der Waals surface area contributed by atoms with Crippen LogP contribution in [0.15, 0.2) is 24.3 Å². The van der Waals surface area contributed by atoms with Gasteiger partial charge in [-0.2, -0.15) is 0 Å². The first-order chi connectivity index (χ1) is 9.01. The van der Waals surface area contributed by atoms with Gasteiger partial charge in [-0.25, -0.2) is 4.39 Å². The Bertz CT molecular complexity index is 473. The molecular formula is C15H19FN2O. The van der Waals surface area contributed by atoms with Gasteiger partial charge < -0.3 is 11.1 Å². The van der Waals surface area contributed by atoms with Gasteiger partial charge in [0, 0.05) is 16.6 Å². The van der Waals surface area contributed by atoms with Gasteiger partial charge in [-0.3, -0.25) is 4.79 Å². The molecule has 0 aliphatic heterocycles. The van der Waals surface area contributed by atoms with Crippen molar-refractivity contribution in [2.45, 2.75) is 44.1 Å². The van der Waals surface area contributed by atoms with Gasteiger partial charge in [-0.05, 0) is 62.8 Å². The fourth-order valence-electron chi connectivity index (χ4n) is 3.35. The van der Waals surface area contributed by atoms with Crippen molar-refractivity contribution in [2.75, 3.05) is 5.32 Å². The van der Waals surface area contributed by atoms with Crippen molar-refractivity contribution in [3.63, 3.8) is 0 Å². The van der Waals surface area contributed by atoms with Crippen molar-refractivity contribution in [1.82, 2.24) is 0 Å². The number of carbonyl (C=O) groups excluding carboxylic acids is 1. The molecule has 3 N–H and O–H groups in total. The Hall–Kier alpha value is -1.42. The van der Waals surface area contributed by atoms with E-state index < -0.39 is 0 Å². The first kappa shape index (κ1) is 12.6. The number of hydrogen-bond donors (Lipinski definition) is 2. The van der Waals surface area contributed by atoms with Crippen LogP contribution >= 0.6 is 0 Å². The fourth-order valence-corrected chi connectivity index (χ4v) is 3.35. The van der Waals surface area contributed by atoms with E-state index in [0.717, 1.165) is 38.5 Å². The summed E-state index contributed by atoms with van der Waals surface area (Å²) >= 11 is 0. The number of halogens is 1. The van der Waals surface area contributed by atoms with Crippen LogP contribution in [0.3, 0.4) is 0 Å². The third-order valence-corrected chi connectivity index (χ3v) is 4.89. The first-order valence-electron chi connectivity index (χ1n) is 6.87. The molecule has 1 aromatic rings. The zero-order valence-electron chi connectivity index (χ0n) is 10.9. The minimum atomic E-state index is -0.292. The fraction of sp³-hybridized carbons (Fsp3) is 0.533. The summed E-state index contributed by atoms with van der Waals surface area (Å²) in [4.78, 5) is 12.5. The summed E-state index contributed by atoms with van der Waals surface area (Å²) in [5.41, 5.74) is 6.63. The zero-order valence-corrected chi connectivity index (χ0v) is 10.9. The van der Waals surface area contributed by atoms with Gasteiger partial charge in [0.15, 0.2) is 0 Å². The molecule has 0 aromatic heterocycles. The van der Waals surface area contributed by atoms with Gasteiger partial charge in [0.25, 0.3) is 0 Å². The van der Waals surface area contributed by atoms with Gasteiger partial charge in [0.2, 0.25) is 5.91 Å². The Morgan fingerprint density at radius 1 is 1.05 bits per heavy atom. The summed E-state index contributed by atoms with van der Waals surface area (Å²) in [6.07, 6.45) is 5.42. The summed E-state index contributed by atoms with van der Waals surface area (Å²) in [6.45, 7) is 0. The highest BCUT2D eigenvalue weighted by atomic mass is 19.1. The summed E-state index contributed by atoms with van der Waals surface area (Å²) < 4.78 is 12.8. The molecule has 0 atom stereocenters. The smallest absolute Gasteiger partial charge is 0.230 e. The number of hydrogen-bond acceptors (Lipinski definition) is 2. The topological polar surface area (TPSA) is 55.1 Å². The van der Waals surface area contributed by atoms with Crippen LogP contribution in [0.25, 0.3) is 0 Å². The molecule has 3 saturated carbocycles. The van der Waals surface area contributed by atoms with Crippen LogP contribution in [0.1, 0.15) is 38.5 Å². The van der Waals surface area contributed by atoms with E-state index in [4.69, 9.17) is 5.73 Å². The highest BCUT2D eigenvalue weighted by Gasteiger charge is 2.50. The van der Waals surface area contributed by atoms with Gasteiger partial charge in [0.05, 0.1) is 0 Å². The van der Waals surface area contributed by atoms with Crippen LogP contribution in [0.4, 0.5) is 10.1 Å². The third kappa shape index (κ3) is 2.25. The van der Waals surface area contributed by atoms with E-state index in [1.807, 2.05) is 0 Å². The van der Waals surface area contributed by atoms with E-state index in [0.29, 0.717) is 5.69 Å². The molecule has 2 bridgehead atoms. The predicted molar refractivity (Wildman–Crippen MR) is 72.1 cm³/mol. The van der Waals surface area contributed by atoms with Crippen molar-refractivity contribution >= 4 is 11.6 Å². The molecule has 0 spiro atoms. The minimum Gasteiger partial charge on any atom is -0.326 e. The molecule has 3 fully saturated rings. The van der Waals surface area contributed by atoms with E-state index >= 15 is 0 Å². The lowest BCUT2D eigenvalue weighted by Crippen LogP contribution is -2.55. The van der Waals surface area contributed by atoms with Gasteiger partial charge in [-0.1, -0.05) is 0 Å². The summed E-state index contributed by atoms with van der Waals surface area (Å²) in [7, 11) is 0. The molecule has 19 heavy (non-hydrogen) atoms. The predicted octanol–water partition coefficient (Wildman–Crippen LogP) is 2.82. The molecule has 3 aliphatic rings. The Morgan fingerprint density at radius 2 is 1.58 bits per heavy atom. The van der Waals surface area contributed by atoms with E-state index in [2.05, 4.69) is 5.32 Å². The van der Waals surface area contributed by atoms with Crippen LogP contribution in [0, 0.1) is 11.2 Å². The number of nitrogens with two attached hydrogens (primary N) is 1. The van der Waals surface area contributed by atoms with Crippen LogP contribution in [0.2, 0.25) is 0 Å². The average Bonchev–Trinajstić information content (AvgIpc) is 2.42. The first-order valence-corrected chi connectivity index (χ1v) is 6.87. The van der Waals surface area contributed by atoms with Crippen molar-refractivity contribution in [1.29, 1.82) is 0 Å². The lowest BCUT2D eigenvalue weighted by molar-refractivity contribution is -0.131. The number of carbonyl (C=O) groups is 1. The van der Waals surface area contributed by atoms with Crippen molar-refractivity contribution < 1.29 is 9.18 Å². The van der Waals surface area contributed by atoms with E-state index in [1.54, 1.807) is 12.1 Å². The molecule has 0 saturated heterocycles. The number of amides is 1. The molecule has 0 heterocycles. The maximum atomic E-state index is 12.8. The minimum absolute atomic E-state index is 0.0299. The second-order valence-corrected chi connectivity index (χ2v) is 6.10. The Morgan fingerprint density at radius 3 is 2.11 bits per heavy atom. The van der Waals surface area contributed by atoms with Crippen molar-refractivity contribution in [2.24, 2.45) is 11.1 Å². The second kappa shape index (κ2) is 4.30. The average molecular weight is 262 g/mol. The summed E-state index contributed by atoms with van der Waals surface area (Å²) in [6, 6.07) is 5.92. The molecular weight excluding hydrogens is 243 g/mol. The second-order valence-electron chi connectivity index (χ2n) is 6.10. The molecule has 4 heteroatoms. The number of rotatable bonds is 2. The normalized spacial score (nSPS) is 33.2.